The molecule has 2 N–H and O–H groups in total. The first-order valence-electron chi connectivity index (χ1n) is 5.90. The van der Waals surface area contributed by atoms with E-state index in [2.05, 4.69) is 18.0 Å². The average Bonchev–Trinajstić information content (AvgIpc) is 2.32. The summed E-state index contributed by atoms with van der Waals surface area (Å²) in [6.45, 7) is 6.13. The number of hydrogen-bond donors (Lipinski definition) is 1. The van der Waals surface area contributed by atoms with Gasteiger partial charge in [-0.2, -0.15) is 0 Å². The van der Waals surface area contributed by atoms with Crippen molar-refractivity contribution in [1.82, 2.24) is 4.98 Å². The van der Waals surface area contributed by atoms with E-state index >= 15 is 0 Å². The zero-order valence-corrected chi connectivity index (χ0v) is 11.2. The fourth-order valence-electron chi connectivity index (χ4n) is 2.14. The molecule has 0 unspecified atom stereocenters. The lowest BCUT2D eigenvalue weighted by Crippen LogP contribution is -1.96. The van der Waals surface area contributed by atoms with E-state index in [-0.39, 0.29) is 0 Å². The fourth-order valence-corrected chi connectivity index (χ4v) is 2.14. The topological polar surface area (TPSA) is 48.1 Å². The molecule has 1 heterocycles. The Hall–Kier alpha value is -2.03. The Morgan fingerprint density at radius 2 is 1.72 bits per heavy atom. The summed E-state index contributed by atoms with van der Waals surface area (Å²) in [7, 11) is 1.69. The lowest BCUT2D eigenvalue weighted by atomic mass is 9.99. The Morgan fingerprint density at radius 1 is 1.00 bits per heavy atom. The van der Waals surface area contributed by atoms with E-state index in [0.717, 1.165) is 33.7 Å². The number of ether oxygens (including phenoxy) is 1. The van der Waals surface area contributed by atoms with Crippen molar-refractivity contribution in [3.63, 3.8) is 0 Å². The van der Waals surface area contributed by atoms with Crippen molar-refractivity contribution in [2.24, 2.45) is 0 Å². The van der Waals surface area contributed by atoms with Crippen LogP contribution < -0.4 is 10.5 Å². The second-order valence-corrected chi connectivity index (χ2v) is 4.57. The van der Waals surface area contributed by atoms with Crippen LogP contribution in [0.2, 0.25) is 0 Å². The average molecular weight is 242 g/mol. The minimum Gasteiger partial charge on any atom is -0.496 e. The van der Waals surface area contributed by atoms with Crippen LogP contribution in [-0.4, -0.2) is 12.1 Å². The maximum atomic E-state index is 5.74. The summed E-state index contributed by atoms with van der Waals surface area (Å²) >= 11 is 0. The van der Waals surface area contributed by atoms with E-state index in [0.29, 0.717) is 5.69 Å². The molecule has 0 spiro atoms. The lowest BCUT2D eigenvalue weighted by molar-refractivity contribution is 0.411. The Bertz CT molecular complexity index is 591. The third-order valence-electron chi connectivity index (χ3n) is 3.10. The smallest absolute Gasteiger partial charge is 0.122 e. The van der Waals surface area contributed by atoms with E-state index in [4.69, 9.17) is 10.5 Å². The Balaban J connectivity index is 2.60. The molecule has 2 aromatic rings. The molecule has 0 saturated carbocycles. The third-order valence-corrected chi connectivity index (χ3v) is 3.10. The molecular formula is C15H18N2O. The van der Waals surface area contributed by atoms with Gasteiger partial charge in [-0.05, 0) is 55.7 Å². The number of nitrogens with two attached hydrogens (primary N) is 1. The largest absolute Gasteiger partial charge is 0.496 e. The Labute approximate surface area is 108 Å². The summed E-state index contributed by atoms with van der Waals surface area (Å²) in [5.74, 6) is 0.907. The first-order valence-corrected chi connectivity index (χ1v) is 5.90. The number of hydrogen-bond acceptors (Lipinski definition) is 3. The number of methoxy groups -OCH3 is 1. The van der Waals surface area contributed by atoms with Crippen LogP contribution in [0.3, 0.4) is 0 Å². The van der Waals surface area contributed by atoms with Crippen LogP contribution in [0.1, 0.15) is 16.7 Å². The summed E-state index contributed by atoms with van der Waals surface area (Å²) in [6, 6.07) is 6.10. The lowest BCUT2D eigenvalue weighted by Gasteiger charge is -2.13. The van der Waals surface area contributed by atoms with Crippen molar-refractivity contribution < 1.29 is 4.74 Å². The zero-order chi connectivity index (χ0) is 13.3. The van der Waals surface area contributed by atoms with E-state index in [1.54, 1.807) is 13.3 Å². The summed E-state index contributed by atoms with van der Waals surface area (Å²) in [5, 5.41) is 0. The van der Waals surface area contributed by atoms with Crippen LogP contribution in [0.4, 0.5) is 5.69 Å². The van der Waals surface area contributed by atoms with Crippen molar-refractivity contribution in [3.05, 3.63) is 41.1 Å². The number of rotatable bonds is 2. The highest BCUT2D eigenvalue weighted by molar-refractivity contribution is 5.70. The normalized spacial score (nSPS) is 10.4. The summed E-state index contributed by atoms with van der Waals surface area (Å²) in [6.07, 6.45) is 1.70. The van der Waals surface area contributed by atoms with Crippen molar-refractivity contribution in [1.29, 1.82) is 0 Å². The molecule has 0 amide bonds. The molecule has 1 aromatic carbocycles. The molecule has 0 aliphatic rings. The molecule has 0 atom stereocenters. The molecule has 0 aliphatic carbocycles. The molecule has 0 fully saturated rings. The van der Waals surface area contributed by atoms with E-state index in [1.165, 1.54) is 0 Å². The van der Waals surface area contributed by atoms with Gasteiger partial charge < -0.3 is 10.5 Å². The van der Waals surface area contributed by atoms with Crippen molar-refractivity contribution in [2.45, 2.75) is 20.8 Å². The predicted molar refractivity (Wildman–Crippen MR) is 74.8 cm³/mol. The number of anilines is 1. The molecule has 0 radical (unpaired) electrons. The highest BCUT2D eigenvalue weighted by Crippen LogP contribution is 2.31. The molecule has 0 bridgehead atoms. The van der Waals surface area contributed by atoms with Gasteiger partial charge in [0, 0.05) is 5.56 Å². The quantitative estimate of drug-likeness (QED) is 0.879. The van der Waals surface area contributed by atoms with Crippen molar-refractivity contribution in [2.75, 3.05) is 12.8 Å². The third kappa shape index (κ3) is 2.16. The molecule has 1 aromatic heterocycles. The number of pyridine rings is 1. The number of nitrogens with zero attached hydrogens (tertiary/aromatic N) is 1. The summed E-state index contributed by atoms with van der Waals surface area (Å²) in [5.41, 5.74) is 11.9. The van der Waals surface area contributed by atoms with Crippen LogP contribution in [-0.2, 0) is 0 Å². The van der Waals surface area contributed by atoms with Crippen LogP contribution in [0.5, 0.6) is 5.75 Å². The monoisotopic (exact) mass is 242 g/mol. The second-order valence-electron chi connectivity index (χ2n) is 4.57. The van der Waals surface area contributed by atoms with E-state index < -0.39 is 0 Å². The van der Waals surface area contributed by atoms with Crippen LogP contribution in [0, 0.1) is 20.8 Å². The first kappa shape index (κ1) is 12.4. The minimum absolute atomic E-state index is 0.694. The number of aromatic nitrogens is 1. The van der Waals surface area contributed by atoms with Gasteiger partial charge in [0.15, 0.2) is 0 Å². The highest BCUT2D eigenvalue weighted by Gasteiger charge is 2.10. The van der Waals surface area contributed by atoms with Gasteiger partial charge in [-0.3, -0.25) is 4.98 Å². The minimum atomic E-state index is 0.694. The predicted octanol–water partition coefficient (Wildman–Crippen LogP) is 3.26. The standard InChI is InChI=1S/C15H18N2O/c1-9-7-14(18-4)10(2)6-13(9)15-11(3)5-12(16)8-17-15/h5-8H,16H2,1-4H3. The number of benzene rings is 1. The molecule has 18 heavy (non-hydrogen) atoms. The van der Waals surface area contributed by atoms with Gasteiger partial charge in [-0.1, -0.05) is 0 Å². The van der Waals surface area contributed by atoms with Gasteiger partial charge in [0.05, 0.1) is 24.7 Å². The van der Waals surface area contributed by atoms with Gasteiger partial charge in [0.25, 0.3) is 0 Å². The molecular weight excluding hydrogens is 224 g/mol. The van der Waals surface area contributed by atoms with Gasteiger partial charge >= 0.3 is 0 Å². The van der Waals surface area contributed by atoms with Crippen LogP contribution in [0.15, 0.2) is 24.4 Å². The number of aryl methyl sites for hydroxylation is 3. The highest BCUT2D eigenvalue weighted by atomic mass is 16.5. The molecule has 2 rings (SSSR count). The maximum Gasteiger partial charge on any atom is 0.122 e. The molecule has 3 nitrogen and oxygen atoms in total. The van der Waals surface area contributed by atoms with Gasteiger partial charge in [-0.25, -0.2) is 0 Å². The van der Waals surface area contributed by atoms with Crippen LogP contribution >= 0.6 is 0 Å². The maximum absolute atomic E-state index is 5.74. The van der Waals surface area contributed by atoms with Crippen molar-refractivity contribution in [3.8, 4) is 17.0 Å². The Morgan fingerprint density at radius 3 is 2.33 bits per heavy atom. The fraction of sp³-hybridized carbons (Fsp3) is 0.267. The summed E-state index contributed by atoms with van der Waals surface area (Å²) < 4.78 is 5.33. The van der Waals surface area contributed by atoms with Gasteiger partial charge in [0.2, 0.25) is 0 Å². The van der Waals surface area contributed by atoms with E-state index in [9.17, 15) is 0 Å². The number of nitrogen functional groups attached to an aromatic ring is 1. The molecule has 0 saturated heterocycles. The Kier molecular flexibility index (Phi) is 3.24. The SMILES string of the molecule is COc1cc(C)c(-c2ncc(N)cc2C)cc1C. The first-order chi connectivity index (χ1) is 8.52. The van der Waals surface area contributed by atoms with Gasteiger partial charge in [-0.15, -0.1) is 0 Å². The summed E-state index contributed by atoms with van der Waals surface area (Å²) in [4.78, 5) is 4.44. The molecule has 0 aliphatic heterocycles. The van der Waals surface area contributed by atoms with Crippen molar-refractivity contribution >= 4 is 5.69 Å². The molecule has 3 heteroatoms. The zero-order valence-electron chi connectivity index (χ0n) is 11.2. The van der Waals surface area contributed by atoms with E-state index in [1.807, 2.05) is 26.0 Å². The second kappa shape index (κ2) is 4.69. The van der Waals surface area contributed by atoms with Crippen LogP contribution in [0.25, 0.3) is 11.3 Å². The van der Waals surface area contributed by atoms with Gasteiger partial charge in [0.1, 0.15) is 5.75 Å². The molecule has 94 valence electrons.